The van der Waals surface area contributed by atoms with Crippen LogP contribution in [-0.2, 0) is 0 Å². The van der Waals surface area contributed by atoms with E-state index in [2.05, 4.69) is 4.90 Å². The molecule has 2 rings (SSSR count). The van der Waals surface area contributed by atoms with E-state index in [-0.39, 0.29) is 23.5 Å². The maximum atomic E-state index is 12.3. The highest BCUT2D eigenvalue weighted by molar-refractivity contribution is 5.93. The number of carbonyl (C=O) groups is 2. The van der Waals surface area contributed by atoms with Gasteiger partial charge in [0.15, 0.2) is 5.76 Å². The van der Waals surface area contributed by atoms with E-state index in [1.807, 2.05) is 14.0 Å². The van der Waals surface area contributed by atoms with E-state index in [1.54, 1.807) is 4.90 Å². The molecular formula is C13H18N2O4. The standard InChI is InChI=1S/C13H18N2O4/c1-9-8-14(2)6-3-7-15(9)12(16)10-4-5-11(19-10)13(17)18/h4-5,9H,3,6-8H2,1-2H3,(H,17,18). The van der Waals surface area contributed by atoms with Gasteiger partial charge in [-0.1, -0.05) is 0 Å². The van der Waals surface area contributed by atoms with E-state index in [9.17, 15) is 9.59 Å². The zero-order valence-electron chi connectivity index (χ0n) is 11.1. The molecule has 1 aromatic rings. The van der Waals surface area contributed by atoms with Crippen LogP contribution in [0.1, 0.15) is 34.5 Å². The number of hydrogen-bond acceptors (Lipinski definition) is 4. The van der Waals surface area contributed by atoms with Crippen LogP contribution in [0.2, 0.25) is 0 Å². The first kappa shape index (κ1) is 13.6. The van der Waals surface area contributed by atoms with Gasteiger partial charge in [-0.3, -0.25) is 4.79 Å². The van der Waals surface area contributed by atoms with E-state index in [4.69, 9.17) is 9.52 Å². The molecule has 1 atom stereocenters. The average molecular weight is 266 g/mol. The molecule has 1 aliphatic rings. The fourth-order valence-corrected chi connectivity index (χ4v) is 2.38. The van der Waals surface area contributed by atoms with Crippen molar-refractivity contribution in [2.75, 3.05) is 26.7 Å². The SMILES string of the molecule is CC1CN(C)CCCN1C(=O)c1ccc(C(=O)O)o1. The smallest absolute Gasteiger partial charge is 0.371 e. The van der Waals surface area contributed by atoms with Crippen LogP contribution in [0, 0.1) is 0 Å². The lowest BCUT2D eigenvalue weighted by Crippen LogP contribution is -2.41. The Bertz CT molecular complexity index is 483. The third kappa shape index (κ3) is 2.96. The predicted molar refractivity (Wildman–Crippen MR) is 68.3 cm³/mol. The Morgan fingerprint density at radius 3 is 2.63 bits per heavy atom. The number of rotatable bonds is 2. The summed E-state index contributed by atoms with van der Waals surface area (Å²) >= 11 is 0. The van der Waals surface area contributed by atoms with Crippen molar-refractivity contribution in [3.63, 3.8) is 0 Å². The van der Waals surface area contributed by atoms with Crippen LogP contribution in [0.25, 0.3) is 0 Å². The van der Waals surface area contributed by atoms with E-state index in [1.165, 1.54) is 12.1 Å². The molecule has 1 fully saturated rings. The number of carboxylic acids is 1. The lowest BCUT2D eigenvalue weighted by Gasteiger charge is -2.27. The molecule has 6 nitrogen and oxygen atoms in total. The minimum Gasteiger partial charge on any atom is -0.475 e. The van der Waals surface area contributed by atoms with Crippen LogP contribution in [0.4, 0.5) is 0 Å². The number of hydrogen-bond donors (Lipinski definition) is 1. The molecule has 104 valence electrons. The number of nitrogens with zero attached hydrogens (tertiary/aromatic N) is 2. The van der Waals surface area contributed by atoms with Crippen molar-refractivity contribution < 1.29 is 19.1 Å². The molecule has 1 aliphatic heterocycles. The molecule has 0 aliphatic carbocycles. The van der Waals surface area contributed by atoms with E-state index in [0.717, 1.165) is 19.5 Å². The monoisotopic (exact) mass is 266 g/mol. The first-order chi connectivity index (χ1) is 8.99. The van der Waals surface area contributed by atoms with Gasteiger partial charge in [0.05, 0.1) is 0 Å². The maximum absolute atomic E-state index is 12.3. The molecule has 0 radical (unpaired) electrons. The quantitative estimate of drug-likeness (QED) is 0.869. The second-order valence-corrected chi connectivity index (χ2v) is 4.93. The molecule has 0 aromatic carbocycles. The first-order valence-corrected chi connectivity index (χ1v) is 6.31. The molecule has 0 bridgehead atoms. The number of furan rings is 1. The van der Waals surface area contributed by atoms with Gasteiger partial charge in [0.2, 0.25) is 5.76 Å². The van der Waals surface area contributed by atoms with Crippen LogP contribution >= 0.6 is 0 Å². The van der Waals surface area contributed by atoms with Crippen molar-refractivity contribution in [3.05, 3.63) is 23.7 Å². The second-order valence-electron chi connectivity index (χ2n) is 4.93. The molecule has 1 saturated heterocycles. The van der Waals surface area contributed by atoms with E-state index >= 15 is 0 Å². The number of carboxylic acid groups (broad SMARTS) is 1. The van der Waals surface area contributed by atoms with Gasteiger partial charge in [-0.25, -0.2) is 4.79 Å². The van der Waals surface area contributed by atoms with Gasteiger partial charge in [-0.05, 0) is 39.1 Å². The van der Waals surface area contributed by atoms with Crippen molar-refractivity contribution >= 4 is 11.9 Å². The minimum atomic E-state index is -1.16. The van der Waals surface area contributed by atoms with Crippen molar-refractivity contribution in [1.82, 2.24) is 9.80 Å². The molecular weight excluding hydrogens is 248 g/mol. The summed E-state index contributed by atoms with van der Waals surface area (Å²) in [6.07, 6.45) is 0.902. The summed E-state index contributed by atoms with van der Waals surface area (Å²) < 4.78 is 5.07. The van der Waals surface area contributed by atoms with Crippen molar-refractivity contribution in [2.24, 2.45) is 0 Å². The topological polar surface area (TPSA) is 74.0 Å². The fourth-order valence-electron chi connectivity index (χ4n) is 2.38. The number of aromatic carboxylic acids is 1. The van der Waals surface area contributed by atoms with Gasteiger partial charge in [0.25, 0.3) is 5.91 Å². The highest BCUT2D eigenvalue weighted by Gasteiger charge is 2.27. The summed E-state index contributed by atoms with van der Waals surface area (Å²) in [5, 5.41) is 8.80. The average Bonchev–Trinajstić information content (AvgIpc) is 2.77. The van der Waals surface area contributed by atoms with Crippen molar-refractivity contribution in [2.45, 2.75) is 19.4 Å². The maximum Gasteiger partial charge on any atom is 0.371 e. The van der Waals surface area contributed by atoms with Crippen LogP contribution < -0.4 is 0 Å². The van der Waals surface area contributed by atoms with E-state index < -0.39 is 5.97 Å². The Labute approximate surface area is 111 Å². The van der Waals surface area contributed by atoms with Gasteiger partial charge in [0, 0.05) is 19.1 Å². The van der Waals surface area contributed by atoms with Crippen LogP contribution in [0.15, 0.2) is 16.5 Å². The molecule has 0 spiro atoms. The molecule has 1 N–H and O–H groups in total. The van der Waals surface area contributed by atoms with E-state index in [0.29, 0.717) is 6.54 Å². The highest BCUT2D eigenvalue weighted by atomic mass is 16.4. The summed E-state index contributed by atoms with van der Waals surface area (Å²) in [7, 11) is 2.03. The third-order valence-corrected chi connectivity index (χ3v) is 3.34. The van der Waals surface area contributed by atoms with Gasteiger partial charge in [-0.15, -0.1) is 0 Å². The molecule has 0 saturated carbocycles. The normalized spacial score (nSPS) is 21.2. The Hall–Kier alpha value is -1.82. The lowest BCUT2D eigenvalue weighted by molar-refractivity contribution is 0.0632. The van der Waals surface area contributed by atoms with Crippen LogP contribution in [0.5, 0.6) is 0 Å². The zero-order chi connectivity index (χ0) is 14.0. The summed E-state index contributed by atoms with van der Waals surface area (Å²) in [6, 6.07) is 2.82. The fraction of sp³-hybridized carbons (Fsp3) is 0.538. The summed E-state index contributed by atoms with van der Waals surface area (Å²) in [6.45, 7) is 4.40. The molecule has 1 aromatic heterocycles. The Balaban J connectivity index is 2.15. The lowest BCUT2D eigenvalue weighted by atomic mass is 10.2. The highest BCUT2D eigenvalue weighted by Crippen LogP contribution is 2.15. The Morgan fingerprint density at radius 2 is 2.00 bits per heavy atom. The summed E-state index contributed by atoms with van der Waals surface area (Å²) in [5.74, 6) is -1.52. The van der Waals surface area contributed by atoms with Crippen LogP contribution in [-0.4, -0.2) is 59.5 Å². The first-order valence-electron chi connectivity index (χ1n) is 6.31. The largest absolute Gasteiger partial charge is 0.475 e. The third-order valence-electron chi connectivity index (χ3n) is 3.34. The molecule has 6 heteroatoms. The van der Waals surface area contributed by atoms with Crippen molar-refractivity contribution in [3.8, 4) is 0 Å². The molecule has 19 heavy (non-hydrogen) atoms. The zero-order valence-corrected chi connectivity index (χ0v) is 11.1. The number of amides is 1. The number of carbonyl (C=O) groups excluding carboxylic acids is 1. The molecule has 1 amide bonds. The van der Waals surface area contributed by atoms with Crippen LogP contribution in [0.3, 0.4) is 0 Å². The molecule has 2 heterocycles. The summed E-state index contributed by atoms with van der Waals surface area (Å²) in [4.78, 5) is 27.0. The minimum absolute atomic E-state index is 0.0818. The van der Waals surface area contributed by atoms with Crippen molar-refractivity contribution in [1.29, 1.82) is 0 Å². The number of likely N-dealkylation sites (N-methyl/N-ethyl adjacent to an activating group) is 1. The molecule has 1 unspecified atom stereocenters. The predicted octanol–water partition coefficient (Wildman–Crippen LogP) is 1.14. The van der Waals surface area contributed by atoms with Gasteiger partial charge >= 0.3 is 5.97 Å². The van der Waals surface area contributed by atoms with Gasteiger partial charge in [0.1, 0.15) is 0 Å². The second kappa shape index (κ2) is 5.44. The van der Waals surface area contributed by atoms with Gasteiger partial charge < -0.3 is 19.3 Å². The Morgan fingerprint density at radius 1 is 1.32 bits per heavy atom. The summed E-state index contributed by atoms with van der Waals surface area (Å²) in [5.41, 5.74) is 0. The van der Waals surface area contributed by atoms with Gasteiger partial charge in [-0.2, -0.15) is 0 Å². The Kier molecular flexibility index (Phi) is 3.90.